The van der Waals surface area contributed by atoms with Crippen LogP contribution in [0.25, 0.3) is 0 Å². The molecule has 0 saturated carbocycles. The molecule has 6 nitrogen and oxygen atoms in total. The van der Waals surface area contributed by atoms with E-state index in [0.717, 1.165) is 23.8 Å². The minimum atomic E-state index is -3.51. The molecule has 0 N–H and O–H groups in total. The van der Waals surface area contributed by atoms with Crippen molar-refractivity contribution in [2.24, 2.45) is 0 Å². The monoisotopic (exact) mass is 388 g/mol. The third-order valence-electron chi connectivity index (χ3n) is 3.97. The van der Waals surface area contributed by atoms with E-state index in [1.54, 1.807) is 6.07 Å². The molecule has 1 fully saturated rings. The summed E-state index contributed by atoms with van der Waals surface area (Å²) >= 11 is 1.23. The number of pyridine rings is 1. The van der Waals surface area contributed by atoms with Crippen molar-refractivity contribution in [3.8, 4) is 0 Å². The molecule has 1 aliphatic rings. The molecule has 0 amide bonds. The standard InChI is InChI=1S/C15H18F2N4O2S2/c16-15(17)21-9-6-18-13(21)11-24-14-5-4-12(10-19-14)25(22,23)20-7-2-1-3-8-20/h4-6,9-10,15H,1-3,7-8,11H2. The molecule has 0 radical (unpaired) electrons. The lowest BCUT2D eigenvalue weighted by Gasteiger charge is -2.25. The number of nitrogens with zero attached hydrogens (tertiary/aromatic N) is 4. The number of imidazole rings is 1. The molecule has 2 aromatic heterocycles. The quantitative estimate of drug-likeness (QED) is 0.711. The largest absolute Gasteiger partial charge is 0.319 e. The molecule has 2 aromatic rings. The van der Waals surface area contributed by atoms with Crippen molar-refractivity contribution in [3.05, 3.63) is 36.5 Å². The molecular formula is C15H18F2N4O2S2. The number of halogens is 2. The third kappa shape index (κ3) is 4.18. The highest BCUT2D eigenvalue weighted by molar-refractivity contribution is 7.98. The number of sulfonamides is 1. The van der Waals surface area contributed by atoms with Crippen LogP contribution in [0.5, 0.6) is 0 Å². The Hall–Kier alpha value is -1.52. The smallest absolute Gasteiger partial charge is 0.277 e. The van der Waals surface area contributed by atoms with E-state index >= 15 is 0 Å². The molecule has 0 spiro atoms. The number of alkyl halides is 2. The summed E-state index contributed by atoms with van der Waals surface area (Å²) in [7, 11) is -3.51. The summed E-state index contributed by atoms with van der Waals surface area (Å²) in [6.07, 6.45) is 6.67. The maximum absolute atomic E-state index is 12.8. The maximum Gasteiger partial charge on any atom is 0.319 e. The molecule has 3 rings (SSSR count). The van der Waals surface area contributed by atoms with Gasteiger partial charge >= 0.3 is 6.55 Å². The predicted octanol–water partition coefficient (Wildman–Crippen LogP) is 3.14. The van der Waals surface area contributed by atoms with Gasteiger partial charge in [-0.05, 0) is 25.0 Å². The van der Waals surface area contributed by atoms with E-state index in [4.69, 9.17) is 0 Å². The van der Waals surface area contributed by atoms with Gasteiger partial charge in [0.05, 0.1) is 10.8 Å². The number of aromatic nitrogens is 3. The minimum Gasteiger partial charge on any atom is -0.277 e. The van der Waals surface area contributed by atoms with Crippen LogP contribution in [0.4, 0.5) is 8.78 Å². The van der Waals surface area contributed by atoms with Crippen molar-refractivity contribution < 1.29 is 17.2 Å². The van der Waals surface area contributed by atoms with E-state index in [9.17, 15) is 17.2 Å². The first-order valence-corrected chi connectivity index (χ1v) is 10.3. The Morgan fingerprint density at radius 3 is 2.56 bits per heavy atom. The zero-order valence-corrected chi connectivity index (χ0v) is 15.0. The van der Waals surface area contributed by atoms with Gasteiger partial charge in [0.15, 0.2) is 0 Å². The Labute approximate surface area is 149 Å². The summed E-state index contributed by atoms with van der Waals surface area (Å²) in [6.45, 7) is -1.56. The second kappa shape index (κ2) is 7.79. The number of thioether (sulfide) groups is 1. The summed E-state index contributed by atoms with van der Waals surface area (Å²) in [6, 6.07) is 3.11. The average molecular weight is 388 g/mol. The maximum atomic E-state index is 12.8. The third-order valence-corrected chi connectivity index (χ3v) is 6.79. The topological polar surface area (TPSA) is 68.1 Å². The molecule has 1 aliphatic heterocycles. The van der Waals surface area contributed by atoms with E-state index in [2.05, 4.69) is 9.97 Å². The van der Waals surface area contributed by atoms with Crippen LogP contribution in [-0.4, -0.2) is 40.3 Å². The highest BCUT2D eigenvalue weighted by Crippen LogP contribution is 2.25. The lowest BCUT2D eigenvalue weighted by atomic mass is 10.2. The summed E-state index contributed by atoms with van der Waals surface area (Å²) in [5.41, 5.74) is 0. The van der Waals surface area contributed by atoms with Gasteiger partial charge in [-0.25, -0.2) is 18.4 Å². The van der Waals surface area contributed by atoms with Crippen LogP contribution >= 0.6 is 11.8 Å². The van der Waals surface area contributed by atoms with Crippen molar-refractivity contribution in [1.82, 2.24) is 18.8 Å². The fourth-order valence-corrected chi connectivity index (χ4v) is 4.89. The lowest BCUT2D eigenvalue weighted by Crippen LogP contribution is -2.35. The first-order valence-electron chi connectivity index (χ1n) is 7.87. The van der Waals surface area contributed by atoms with Crippen LogP contribution in [-0.2, 0) is 15.8 Å². The van der Waals surface area contributed by atoms with Gasteiger partial charge in [-0.2, -0.15) is 13.1 Å². The van der Waals surface area contributed by atoms with Gasteiger partial charge in [0.2, 0.25) is 10.0 Å². The molecule has 25 heavy (non-hydrogen) atoms. The van der Waals surface area contributed by atoms with Crippen molar-refractivity contribution in [3.63, 3.8) is 0 Å². The lowest BCUT2D eigenvalue weighted by molar-refractivity contribution is 0.0678. The molecule has 0 atom stereocenters. The van der Waals surface area contributed by atoms with E-state index < -0.39 is 16.6 Å². The van der Waals surface area contributed by atoms with Crippen molar-refractivity contribution in [1.29, 1.82) is 0 Å². The van der Waals surface area contributed by atoms with E-state index in [-0.39, 0.29) is 16.5 Å². The van der Waals surface area contributed by atoms with E-state index in [1.807, 2.05) is 0 Å². The van der Waals surface area contributed by atoms with Crippen LogP contribution in [0, 0.1) is 0 Å². The molecule has 0 bridgehead atoms. The normalized spacial score (nSPS) is 16.4. The van der Waals surface area contributed by atoms with Crippen molar-refractivity contribution in [2.45, 2.75) is 41.5 Å². The summed E-state index contributed by atoms with van der Waals surface area (Å²) in [5, 5.41) is 0.557. The first-order chi connectivity index (χ1) is 12.0. The number of hydrogen-bond donors (Lipinski definition) is 0. The molecule has 0 aliphatic carbocycles. The van der Waals surface area contributed by atoms with E-state index in [0.29, 0.717) is 18.1 Å². The van der Waals surface area contributed by atoms with Crippen molar-refractivity contribution >= 4 is 21.8 Å². The van der Waals surface area contributed by atoms with Gasteiger partial charge in [-0.3, -0.25) is 4.57 Å². The Morgan fingerprint density at radius 2 is 1.92 bits per heavy atom. The molecule has 10 heteroatoms. The molecule has 136 valence electrons. The highest BCUT2D eigenvalue weighted by atomic mass is 32.2. The van der Waals surface area contributed by atoms with Gasteiger partial charge < -0.3 is 0 Å². The van der Waals surface area contributed by atoms with Gasteiger partial charge in [0.25, 0.3) is 0 Å². The first kappa shape index (κ1) is 18.3. The Balaban J connectivity index is 1.67. The molecule has 3 heterocycles. The Bertz CT molecular complexity index is 803. The van der Waals surface area contributed by atoms with Crippen LogP contribution < -0.4 is 0 Å². The van der Waals surface area contributed by atoms with Crippen LogP contribution in [0.1, 0.15) is 31.6 Å². The second-order valence-corrected chi connectivity index (χ2v) is 8.55. The van der Waals surface area contributed by atoms with Gasteiger partial charge in [-0.1, -0.05) is 18.2 Å². The van der Waals surface area contributed by atoms with Crippen LogP contribution in [0.2, 0.25) is 0 Å². The van der Waals surface area contributed by atoms with Gasteiger partial charge in [-0.15, -0.1) is 0 Å². The van der Waals surface area contributed by atoms with Crippen molar-refractivity contribution in [2.75, 3.05) is 13.1 Å². The number of rotatable bonds is 6. The zero-order valence-electron chi connectivity index (χ0n) is 13.4. The summed E-state index contributed by atoms with van der Waals surface area (Å²) < 4.78 is 52.9. The van der Waals surface area contributed by atoms with Crippen LogP contribution in [0.3, 0.4) is 0 Å². The molecule has 1 saturated heterocycles. The second-order valence-electron chi connectivity index (χ2n) is 5.61. The number of piperidine rings is 1. The van der Waals surface area contributed by atoms with Gasteiger partial charge in [0, 0.05) is 31.7 Å². The number of hydrogen-bond acceptors (Lipinski definition) is 5. The Morgan fingerprint density at radius 1 is 1.16 bits per heavy atom. The zero-order chi connectivity index (χ0) is 17.9. The summed E-state index contributed by atoms with van der Waals surface area (Å²) in [4.78, 5) is 8.21. The predicted molar refractivity (Wildman–Crippen MR) is 89.9 cm³/mol. The molecular weight excluding hydrogens is 370 g/mol. The Kier molecular flexibility index (Phi) is 5.70. The molecule has 0 aromatic carbocycles. The fraction of sp³-hybridized carbons (Fsp3) is 0.467. The van der Waals surface area contributed by atoms with E-state index in [1.165, 1.54) is 40.7 Å². The fourth-order valence-electron chi connectivity index (χ4n) is 2.63. The van der Waals surface area contributed by atoms with Gasteiger partial charge in [0.1, 0.15) is 10.7 Å². The average Bonchev–Trinajstić information content (AvgIpc) is 3.10. The molecule has 0 unspecified atom stereocenters. The summed E-state index contributed by atoms with van der Waals surface area (Å²) in [5.74, 6) is 0.467. The highest BCUT2D eigenvalue weighted by Gasteiger charge is 2.26. The SMILES string of the molecule is O=S(=O)(c1ccc(SCc2nccn2C(F)F)nc1)N1CCCCC1. The minimum absolute atomic E-state index is 0.160. The van der Waals surface area contributed by atoms with Crippen LogP contribution in [0.15, 0.2) is 40.6 Å².